The van der Waals surface area contributed by atoms with E-state index in [9.17, 15) is 9.59 Å². The second-order valence-electron chi connectivity index (χ2n) is 5.33. The lowest BCUT2D eigenvalue weighted by atomic mass is 10.2. The van der Waals surface area contributed by atoms with Crippen LogP contribution < -0.4 is 0 Å². The van der Waals surface area contributed by atoms with Gasteiger partial charge < -0.3 is 14.7 Å². The summed E-state index contributed by atoms with van der Waals surface area (Å²) >= 11 is 0. The molecule has 0 bridgehead atoms. The van der Waals surface area contributed by atoms with Crippen molar-refractivity contribution in [2.75, 3.05) is 19.7 Å². The fraction of sp³-hybridized carbons (Fsp3) is 0.833. The van der Waals surface area contributed by atoms with Crippen LogP contribution in [0.4, 0.5) is 0 Å². The lowest BCUT2D eigenvalue weighted by Gasteiger charge is -2.31. The number of carboxylic acids is 1. The molecule has 17 heavy (non-hydrogen) atoms. The molecule has 1 N–H and O–H groups in total. The zero-order chi connectivity index (χ0) is 12.0. The Kier molecular flexibility index (Phi) is 2.58. The minimum absolute atomic E-state index is 0.149. The molecule has 1 amide bonds. The first kappa shape index (κ1) is 11.0. The third-order valence-corrected chi connectivity index (χ3v) is 4.04. The standard InChI is InChI=1S/C12H17NO4/c14-11(9-5-8(9)7-1-2-7)13-3-4-17-10(6-13)12(15)16/h7-10H,1-6H2,(H,15,16)/t8-,9-,10-/m0/s1. The summed E-state index contributed by atoms with van der Waals surface area (Å²) < 4.78 is 5.11. The molecule has 2 saturated carbocycles. The minimum atomic E-state index is -0.975. The number of hydrogen-bond donors (Lipinski definition) is 1. The van der Waals surface area contributed by atoms with Crippen molar-refractivity contribution >= 4 is 11.9 Å². The van der Waals surface area contributed by atoms with E-state index in [1.165, 1.54) is 12.8 Å². The van der Waals surface area contributed by atoms with E-state index in [4.69, 9.17) is 9.84 Å². The number of amides is 1. The summed E-state index contributed by atoms with van der Waals surface area (Å²) in [7, 11) is 0. The summed E-state index contributed by atoms with van der Waals surface area (Å²) in [6.07, 6.45) is 2.72. The zero-order valence-electron chi connectivity index (χ0n) is 9.67. The second kappa shape index (κ2) is 3.98. The molecule has 0 unspecified atom stereocenters. The lowest BCUT2D eigenvalue weighted by molar-refractivity contribution is -0.159. The Bertz CT molecular complexity index is 352. The quantitative estimate of drug-likeness (QED) is 0.771. The van der Waals surface area contributed by atoms with Crippen LogP contribution in [0.15, 0.2) is 0 Å². The average Bonchev–Trinajstić information content (AvgIpc) is 3.16. The van der Waals surface area contributed by atoms with Crippen molar-refractivity contribution in [2.45, 2.75) is 25.4 Å². The molecule has 0 aromatic rings. The summed E-state index contributed by atoms with van der Waals surface area (Å²) in [5.41, 5.74) is 0. The lowest BCUT2D eigenvalue weighted by Crippen LogP contribution is -2.49. The van der Waals surface area contributed by atoms with Gasteiger partial charge in [0.2, 0.25) is 5.91 Å². The maximum atomic E-state index is 12.1. The smallest absolute Gasteiger partial charge is 0.334 e. The van der Waals surface area contributed by atoms with Crippen molar-refractivity contribution in [3.63, 3.8) is 0 Å². The second-order valence-corrected chi connectivity index (χ2v) is 5.33. The van der Waals surface area contributed by atoms with Crippen LogP contribution in [0.25, 0.3) is 0 Å². The third-order valence-electron chi connectivity index (χ3n) is 4.04. The van der Waals surface area contributed by atoms with Crippen LogP contribution in [-0.4, -0.2) is 47.7 Å². The molecule has 1 heterocycles. The van der Waals surface area contributed by atoms with Gasteiger partial charge in [0, 0.05) is 12.5 Å². The molecule has 94 valence electrons. The number of carbonyl (C=O) groups is 2. The predicted molar refractivity (Wildman–Crippen MR) is 58.3 cm³/mol. The Morgan fingerprint density at radius 3 is 2.71 bits per heavy atom. The maximum Gasteiger partial charge on any atom is 0.334 e. The highest BCUT2D eigenvalue weighted by Gasteiger charge is 2.52. The van der Waals surface area contributed by atoms with Crippen LogP contribution in [-0.2, 0) is 14.3 Å². The molecule has 3 fully saturated rings. The summed E-state index contributed by atoms with van der Waals surface area (Å²) in [4.78, 5) is 24.7. The molecular formula is C12H17NO4. The van der Waals surface area contributed by atoms with E-state index in [0.29, 0.717) is 19.1 Å². The number of nitrogens with zero attached hydrogens (tertiary/aromatic N) is 1. The van der Waals surface area contributed by atoms with Gasteiger partial charge >= 0.3 is 5.97 Å². The van der Waals surface area contributed by atoms with Crippen LogP contribution in [0.2, 0.25) is 0 Å². The van der Waals surface area contributed by atoms with Gasteiger partial charge in [0.1, 0.15) is 0 Å². The van der Waals surface area contributed by atoms with Gasteiger partial charge in [0.15, 0.2) is 6.10 Å². The monoisotopic (exact) mass is 239 g/mol. The third kappa shape index (κ3) is 2.16. The SMILES string of the molecule is O=C(O)[C@@H]1CN(C(=O)[C@H]2C[C@H]2C2CC2)CCO1. The molecule has 0 aromatic heterocycles. The molecule has 1 saturated heterocycles. The molecule has 0 radical (unpaired) electrons. The number of aliphatic carboxylic acids is 1. The van der Waals surface area contributed by atoms with Crippen LogP contribution in [0.3, 0.4) is 0 Å². The fourth-order valence-corrected chi connectivity index (χ4v) is 2.78. The topological polar surface area (TPSA) is 66.8 Å². The number of hydrogen-bond acceptors (Lipinski definition) is 3. The maximum absolute atomic E-state index is 12.1. The van der Waals surface area contributed by atoms with E-state index < -0.39 is 12.1 Å². The fourth-order valence-electron chi connectivity index (χ4n) is 2.78. The van der Waals surface area contributed by atoms with E-state index in [1.807, 2.05) is 0 Å². The van der Waals surface area contributed by atoms with E-state index >= 15 is 0 Å². The number of morpholine rings is 1. The first-order chi connectivity index (χ1) is 8.16. The Hall–Kier alpha value is -1.10. The molecule has 3 atom stereocenters. The van der Waals surface area contributed by atoms with Gasteiger partial charge in [-0.2, -0.15) is 0 Å². The predicted octanol–water partition coefficient (Wildman–Crippen LogP) is 0.344. The number of carboxylic acid groups (broad SMARTS) is 1. The number of carbonyl (C=O) groups excluding carboxylic acids is 1. The van der Waals surface area contributed by atoms with Crippen LogP contribution in [0.5, 0.6) is 0 Å². The van der Waals surface area contributed by atoms with Crippen molar-refractivity contribution in [1.82, 2.24) is 4.90 Å². The van der Waals surface area contributed by atoms with Crippen molar-refractivity contribution in [2.24, 2.45) is 17.8 Å². The minimum Gasteiger partial charge on any atom is -0.479 e. The van der Waals surface area contributed by atoms with Gasteiger partial charge in [0.05, 0.1) is 13.2 Å². The first-order valence-electron chi connectivity index (χ1n) is 6.30. The van der Waals surface area contributed by atoms with Gasteiger partial charge in [-0.05, 0) is 31.1 Å². The molecule has 3 aliphatic rings. The van der Waals surface area contributed by atoms with Gasteiger partial charge in [-0.1, -0.05) is 0 Å². The molecule has 0 aromatic carbocycles. The largest absolute Gasteiger partial charge is 0.479 e. The van der Waals surface area contributed by atoms with E-state index in [-0.39, 0.29) is 18.4 Å². The van der Waals surface area contributed by atoms with Crippen LogP contribution in [0, 0.1) is 17.8 Å². The molecule has 1 aliphatic heterocycles. The zero-order valence-corrected chi connectivity index (χ0v) is 9.67. The van der Waals surface area contributed by atoms with Crippen LogP contribution in [0.1, 0.15) is 19.3 Å². The molecule has 5 heteroatoms. The Morgan fingerprint density at radius 1 is 1.29 bits per heavy atom. The molecule has 0 spiro atoms. The van der Waals surface area contributed by atoms with Gasteiger partial charge in [-0.15, -0.1) is 0 Å². The Labute approximate surface area is 99.7 Å². The van der Waals surface area contributed by atoms with Gasteiger partial charge in [0.25, 0.3) is 0 Å². The van der Waals surface area contributed by atoms with Crippen molar-refractivity contribution in [3.05, 3.63) is 0 Å². The summed E-state index contributed by atoms with van der Waals surface area (Å²) in [5.74, 6) is 0.720. The van der Waals surface area contributed by atoms with E-state index in [1.54, 1.807) is 4.90 Å². The van der Waals surface area contributed by atoms with E-state index in [0.717, 1.165) is 12.3 Å². The van der Waals surface area contributed by atoms with E-state index in [2.05, 4.69) is 0 Å². The molecular weight excluding hydrogens is 222 g/mol. The summed E-state index contributed by atoms with van der Waals surface area (Å²) in [6.45, 7) is 1.09. The van der Waals surface area contributed by atoms with Crippen LogP contribution >= 0.6 is 0 Å². The number of ether oxygens (including phenoxy) is 1. The molecule has 3 rings (SSSR count). The Balaban J connectivity index is 1.56. The van der Waals surface area contributed by atoms with Gasteiger partial charge in [-0.3, -0.25) is 4.79 Å². The highest BCUT2D eigenvalue weighted by atomic mass is 16.5. The molecule has 2 aliphatic carbocycles. The number of rotatable bonds is 3. The first-order valence-corrected chi connectivity index (χ1v) is 6.30. The van der Waals surface area contributed by atoms with Crippen molar-refractivity contribution in [1.29, 1.82) is 0 Å². The Morgan fingerprint density at radius 2 is 2.06 bits per heavy atom. The summed E-state index contributed by atoms with van der Waals surface area (Å²) in [6, 6.07) is 0. The van der Waals surface area contributed by atoms with Crippen molar-refractivity contribution in [3.8, 4) is 0 Å². The normalized spacial score (nSPS) is 36.7. The molecule has 5 nitrogen and oxygen atoms in total. The summed E-state index contributed by atoms with van der Waals surface area (Å²) in [5, 5.41) is 8.88. The van der Waals surface area contributed by atoms with Gasteiger partial charge in [-0.25, -0.2) is 4.79 Å². The highest BCUT2D eigenvalue weighted by molar-refractivity contribution is 5.83. The average molecular weight is 239 g/mol. The van der Waals surface area contributed by atoms with Crippen molar-refractivity contribution < 1.29 is 19.4 Å². The highest BCUT2D eigenvalue weighted by Crippen LogP contribution is 2.54.